The topological polar surface area (TPSA) is 41.5 Å². The van der Waals surface area contributed by atoms with Gasteiger partial charge in [-0.1, -0.05) is 0 Å². The van der Waals surface area contributed by atoms with Crippen molar-refractivity contribution in [3.8, 4) is 0 Å². The average molecular weight is 273 g/mol. The van der Waals surface area contributed by atoms with Crippen molar-refractivity contribution in [2.75, 3.05) is 5.32 Å². The van der Waals surface area contributed by atoms with Gasteiger partial charge in [-0.05, 0) is 25.1 Å². The molecule has 104 valence electrons. The fraction of sp³-hybridized carbons (Fsp3) is 0.538. The standard InChI is InChI=1S/C13H14F3NO2/c1-6-12(18)10-5-11(19-6)8-4-7(13(14,15)16)2-3-9(8)17-10/h2-4,6,10-12,17-18H,5H2,1H3/t6-,10-,11-,12-/m0/s1. The molecule has 0 aliphatic carbocycles. The summed E-state index contributed by atoms with van der Waals surface area (Å²) in [4.78, 5) is 0. The molecule has 1 saturated heterocycles. The Balaban J connectivity index is 2.00. The van der Waals surface area contributed by atoms with Crippen LogP contribution in [0.4, 0.5) is 18.9 Å². The van der Waals surface area contributed by atoms with Gasteiger partial charge in [0, 0.05) is 17.7 Å². The van der Waals surface area contributed by atoms with Crippen molar-refractivity contribution < 1.29 is 23.0 Å². The number of ether oxygens (including phenoxy) is 1. The van der Waals surface area contributed by atoms with Crippen molar-refractivity contribution in [3.05, 3.63) is 29.3 Å². The van der Waals surface area contributed by atoms with E-state index in [-0.39, 0.29) is 18.2 Å². The minimum absolute atomic E-state index is 0.169. The van der Waals surface area contributed by atoms with Crippen LogP contribution >= 0.6 is 0 Å². The van der Waals surface area contributed by atoms with Crippen LogP contribution in [0.1, 0.15) is 30.6 Å². The zero-order valence-corrected chi connectivity index (χ0v) is 10.2. The number of aliphatic hydroxyl groups is 1. The highest BCUT2D eigenvalue weighted by Crippen LogP contribution is 2.43. The lowest BCUT2D eigenvalue weighted by molar-refractivity contribution is -0.138. The third kappa shape index (κ3) is 2.08. The van der Waals surface area contributed by atoms with Crippen molar-refractivity contribution in [2.45, 2.75) is 43.9 Å². The van der Waals surface area contributed by atoms with Crippen molar-refractivity contribution in [1.29, 1.82) is 0 Å². The molecule has 1 fully saturated rings. The second kappa shape index (κ2) is 4.11. The molecule has 2 aliphatic heterocycles. The maximum Gasteiger partial charge on any atom is 0.416 e. The van der Waals surface area contributed by atoms with E-state index in [2.05, 4.69) is 5.32 Å². The lowest BCUT2D eigenvalue weighted by Crippen LogP contribution is -2.50. The summed E-state index contributed by atoms with van der Waals surface area (Å²) in [6.45, 7) is 1.73. The Labute approximate surface area is 108 Å². The number of rotatable bonds is 0. The number of hydrogen-bond donors (Lipinski definition) is 2. The number of halogens is 3. The summed E-state index contributed by atoms with van der Waals surface area (Å²) in [5.41, 5.74) is 0.457. The zero-order chi connectivity index (χ0) is 13.8. The first-order valence-electron chi connectivity index (χ1n) is 6.17. The molecule has 2 N–H and O–H groups in total. The zero-order valence-electron chi connectivity index (χ0n) is 10.2. The molecule has 0 saturated carbocycles. The van der Waals surface area contributed by atoms with Gasteiger partial charge < -0.3 is 15.2 Å². The Kier molecular flexibility index (Phi) is 2.76. The molecule has 3 nitrogen and oxygen atoms in total. The van der Waals surface area contributed by atoms with Crippen LogP contribution in [0, 0.1) is 0 Å². The fourth-order valence-electron chi connectivity index (χ4n) is 2.77. The molecule has 1 aromatic carbocycles. The molecule has 2 bridgehead atoms. The molecular formula is C13H14F3NO2. The quantitative estimate of drug-likeness (QED) is 0.763. The van der Waals surface area contributed by atoms with E-state index < -0.39 is 17.8 Å². The number of fused-ring (bicyclic) bond motifs is 4. The summed E-state index contributed by atoms with van der Waals surface area (Å²) >= 11 is 0. The summed E-state index contributed by atoms with van der Waals surface area (Å²) < 4.78 is 43.8. The Morgan fingerprint density at radius 1 is 1.37 bits per heavy atom. The van der Waals surface area contributed by atoms with E-state index in [1.54, 1.807) is 6.92 Å². The predicted molar refractivity (Wildman–Crippen MR) is 62.8 cm³/mol. The van der Waals surface area contributed by atoms with Crippen LogP contribution in [-0.2, 0) is 10.9 Å². The fourth-order valence-corrected chi connectivity index (χ4v) is 2.77. The average Bonchev–Trinajstić information content (AvgIpc) is 2.34. The lowest BCUT2D eigenvalue weighted by Gasteiger charge is -2.43. The largest absolute Gasteiger partial charge is 0.416 e. The molecule has 0 radical (unpaired) electrons. The van der Waals surface area contributed by atoms with Gasteiger partial charge in [-0.25, -0.2) is 0 Å². The van der Waals surface area contributed by atoms with Gasteiger partial charge in [-0.3, -0.25) is 0 Å². The number of benzene rings is 1. The first-order chi connectivity index (χ1) is 8.86. The highest BCUT2D eigenvalue weighted by molar-refractivity contribution is 5.57. The van der Waals surface area contributed by atoms with Gasteiger partial charge in [0.1, 0.15) is 6.10 Å². The van der Waals surface area contributed by atoms with Crippen LogP contribution in [0.3, 0.4) is 0 Å². The van der Waals surface area contributed by atoms with Crippen molar-refractivity contribution in [2.24, 2.45) is 0 Å². The number of anilines is 1. The van der Waals surface area contributed by atoms with E-state index in [9.17, 15) is 18.3 Å². The Morgan fingerprint density at radius 2 is 2.11 bits per heavy atom. The van der Waals surface area contributed by atoms with Crippen molar-refractivity contribution in [1.82, 2.24) is 0 Å². The van der Waals surface area contributed by atoms with Crippen molar-refractivity contribution in [3.63, 3.8) is 0 Å². The van der Waals surface area contributed by atoms with E-state index in [1.807, 2.05) is 0 Å². The lowest BCUT2D eigenvalue weighted by atomic mass is 9.87. The Hall–Kier alpha value is -1.27. The van der Waals surface area contributed by atoms with Gasteiger partial charge in [0.25, 0.3) is 0 Å². The summed E-state index contributed by atoms with van der Waals surface area (Å²) in [6, 6.07) is 3.41. The molecular weight excluding hydrogens is 259 g/mol. The number of nitrogens with one attached hydrogen (secondary N) is 1. The van der Waals surface area contributed by atoms with E-state index in [0.29, 0.717) is 17.7 Å². The molecule has 0 spiro atoms. The molecule has 19 heavy (non-hydrogen) atoms. The second-order valence-electron chi connectivity index (χ2n) is 5.11. The number of aliphatic hydroxyl groups excluding tert-OH is 1. The Morgan fingerprint density at radius 3 is 2.79 bits per heavy atom. The van der Waals surface area contributed by atoms with Crippen LogP contribution in [-0.4, -0.2) is 23.4 Å². The monoisotopic (exact) mass is 273 g/mol. The van der Waals surface area contributed by atoms with Gasteiger partial charge in [-0.2, -0.15) is 13.2 Å². The van der Waals surface area contributed by atoms with E-state index >= 15 is 0 Å². The predicted octanol–water partition coefficient (Wildman–Crippen LogP) is 2.71. The van der Waals surface area contributed by atoms with E-state index in [1.165, 1.54) is 6.07 Å². The van der Waals surface area contributed by atoms with Gasteiger partial charge in [0.15, 0.2) is 0 Å². The molecule has 0 amide bonds. The maximum absolute atomic E-state index is 12.7. The highest BCUT2D eigenvalue weighted by Gasteiger charge is 2.41. The molecule has 6 heteroatoms. The summed E-state index contributed by atoms with van der Waals surface area (Å²) in [7, 11) is 0. The molecule has 1 aromatic rings. The molecule has 2 aliphatic rings. The van der Waals surface area contributed by atoms with Gasteiger partial charge >= 0.3 is 6.18 Å². The van der Waals surface area contributed by atoms with Crippen LogP contribution in [0.5, 0.6) is 0 Å². The minimum atomic E-state index is -4.36. The molecule has 0 unspecified atom stereocenters. The summed E-state index contributed by atoms with van der Waals surface area (Å²) in [6.07, 6.45) is -5.29. The Bertz CT molecular complexity index is 503. The van der Waals surface area contributed by atoms with Gasteiger partial charge in [-0.15, -0.1) is 0 Å². The maximum atomic E-state index is 12.7. The van der Waals surface area contributed by atoms with E-state index in [0.717, 1.165) is 12.1 Å². The second-order valence-corrected chi connectivity index (χ2v) is 5.11. The minimum Gasteiger partial charge on any atom is -0.388 e. The molecule has 3 rings (SSSR count). The molecule has 0 aromatic heterocycles. The van der Waals surface area contributed by atoms with Gasteiger partial charge in [0.05, 0.1) is 23.8 Å². The van der Waals surface area contributed by atoms with E-state index in [4.69, 9.17) is 4.74 Å². The first kappa shape index (κ1) is 12.7. The summed E-state index contributed by atoms with van der Waals surface area (Å²) in [5.74, 6) is 0. The van der Waals surface area contributed by atoms with Crippen LogP contribution in [0.25, 0.3) is 0 Å². The van der Waals surface area contributed by atoms with Gasteiger partial charge in [0.2, 0.25) is 0 Å². The summed E-state index contributed by atoms with van der Waals surface area (Å²) in [5, 5.41) is 13.0. The van der Waals surface area contributed by atoms with Crippen molar-refractivity contribution >= 4 is 5.69 Å². The normalized spacial score (nSPS) is 33.5. The SMILES string of the molecule is C[C@@H]1O[C@H]2C[C@H](Nc3ccc(C(F)(F)F)cc32)[C@H]1O. The third-order valence-electron chi connectivity index (χ3n) is 3.81. The van der Waals surface area contributed by atoms with Crippen LogP contribution in [0.15, 0.2) is 18.2 Å². The number of hydrogen-bond acceptors (Lipinski definition) is 3. The molecule has 2 heterocycles. The third-order valence-corrected chi connectivity index (χ3v) is 3.81. The smallest absolute Gasteiger partial charge is 0.388 e. The van der Waals surface area contributed by atoms with Crippen LogP contribution < -0.4 is 5.32 Å². The molecule has 4 atom stereocenters. The number of alkyl halides is 3. The highest BCUT2D eigenvalue weighted by atomic mass is 19.4. The van der Waals surface area contributed by atoms with Crippen LogP contribution in [0.2, 0.25) is 0 Å². The first-order valence-corrected chi connectivity index (χ1v) is 6.17.